The van der Waals surface area contributed by atoms with Crippen LogP contribution in [-0.2, 0) is 4.79 Å². The molecule has 0 bridgehead atoms. The molecule has 0 aliphatic carbocycles. The lowest BCUT2D eigenvalue weighted by atomic mass is 10.0. The molecule has 0 radical (unpaired) electrons. The molecule has 1 aromatic rings. The Morgan fingerprint density at radius 2 is 1.93 bits per heavy atom. The highest BCUT2D eigenvalue weighted by Crippen LogP contribution is 2.25. The van der Waals surface area contributed by atoms with E-state index in [9.17, 15) is 9.59 Å². The highest BCUT2D eigenvalue weighted by molar-refractivity contribution is 6.43. The van der Waals surface area contributed by atoms with Gasteiger partial charge in [0.05, 0.1) is 15.6 Å². The number of allylic oxidation sites excluding steroid dienone is 1. The zero-order valence-corrected chi connectivity index (χ0v) is 17.5. The number of amides is 2. The topological polar surface area (TPSA) is 61.4 Å². The van der Waals surface area contributed by atoms with E-state index in [-0.39, 0.29) is 22.5 Å². The molecule has 1 atom stereocenters. The molecule has 1 aliphatic heterocycles. The van der Waals surface area contributed by atoms with Crippen LogP contribution in [0.5, 0.6) is 0 Å². The van der Waals surface area contributed by atoms with Crippen LogP contribution in [0.2, 0.25) is 10.0 Å². The van der Waals surface area contributed by atoms with Crippen molar-refractivity contribution in [2.45, 2.75) is 45.7 Å². The number of carbonyl (C=O) groups is 2. The standard InChI is InChI=1S/C20H27Cl2N3O2/c1-13(2)7-10-25-11-8-15(9-12-25)24-19(26)14(3)23-20(27)16-5-4-6-17(21)18(16)22/h4-7,14-15H,8-12H2,1-3H3,(H,23,27)(H,24,26). The molecule has 1 heterocycles. The number of hydrogen-bond acceptors (Lipinski definition) is 3. The Hall–Kier alpha value is -1.56. The van der Waals surface area contributed by atoms with Crippen LogP contribution in [0.4, 0.5) is 0 Å². The Kier molecular flexibility index (Phi) is 8.14. The molecule has 0 aromatic heterocycles. The second-order valence-corrected chi connectivity index (χ2v) is 7.95. The molecule has 1 fully saturated rings. The summed E-state index contributed by atoms with van der Waals surface area (Å²) in [6.07, 6.45) is 4.03. The van der Waals surface area contributed by atoms with Crippen molar-refractivity contribution in [2.75, 3.05) is 19.6 Å². The summed E-state index contributed by atoms with van der Waals surface area (Å²) in [5.41, 5.74) is 1.58. The minimum Gasteiger partial charge on any atom is -0.351 e. The number of benzene rings is 1. The predicted octanol–water partition coefficient (Wildman–Crippen LogP) is 3.66. The van der Waals surface area contributed by atoms with Gasteiger partial charge in [-0.25, -0.2) is 0 Å². The molecule has 148 valence electrons. The number of likely N-dealkylation sites (tertiary alicyclic amines) is 1. The van der Waals surface area contributed by atoms with Gasteiger partial charge in [0, 0.05) is 25.7 Å². The van der Waals surface area contributed by atoms with Gasteiger partial charge in [-0.3, -0.25) is 14.5 Å². The summed E-state index contributed by atoms with van der Waals surface area (Å²) >= 11 is 12.0. The maximum absolute atomic E-state index is 12.4. The van der Waals surface area contributed by atoms with Crippen molar-refractivity contribution in [3.63, 3.8) is 0 Å². The molecule has 1 saturated heterocycles. The zero-order valence-electron chi connectivity index (χ0n) is 16.0. The summed E-state index contributed by atoms with van der Waals surface area (Å²) in [6, 6.07) is 4.32. The lowest BCUT2D eigenvalue weighted by Crippen LogP contribution is -2.51. The lowest BCUT2D eigenvalue weighted by Gasteiger charge is -2.32. The van der Waals surface area contributed by atoms with Crippen molar-refractivity contribution in [1.82, 2.24) is 15.5 Å². The first-order chi connectivity index (χ1) is 12.8. The van der Waals surface area contributed by atoms with Crippen molar-refractivity contribution < 1.29 is 9.59 Å². The Balaban J connectivity index is 1.81. The van der Waals surface area contributed by atoms with Crippen LogP contribution < -0.4 is 10.6 Å². The second kappa shape index (κ2) is 10.1. The average Bonchev–Trinajstić information content (AvgIpc) is 2.63. The van der Waals surface area contributed by atoms with Crippen molar-refractivity contribution in [1.29, 1.82) is 0 Å². The predicted molar refractivity (Wildman–Crippen MR) is 110 cm³/mol. The first-order valence-corrected chi connectivity index (χ1v) is 9.94. The highest BCUT2D eigenvalue weighted by atomic mass is 35.5. The van der Waals surface area contributed by atoms with Gasteiger partial charge in [0.2, 0.25) is 5.91 Å². The number of piperidine rings is 1. The highest BCUT2D eigenvalue weighted by Gasteiger charge is 2.24. The Bertz CT molecular complexity index is 709. The minimum atomic E-state index is -0.656. The van der Waals surface area contributed by atoms with Gasteiger partial charge >= 0.3 is 0 Å². The SMILES string of the molecule is CC(C)=CCN1CCC(NC(=O)C(C)NC(=O)c2cccc(Cl)c2Cl)CC1. The van der Waals surface area contributed by atoms with Crippen LogP contribution in [0.15, 0.2) is 29.8 Å². The summed E-state index contributed by atoms with van der Waals surface area (Å²) in [4.78, 5) is 27.1. The number of hydrogen-bond donors (Lipinski definition) is 2. The molecule has 0 saturated carbocycles. The molecule has 1 aliphatic rings. The normalized spacial score (nSPS) is 16.5. The third kappa shape index (κ3) is 6.52. The van der Waals surface area contributed by atoms with Crippen LogP contribution in [0, 0.1) is 0 Å². The van der Waals surface area contributed by atoms with Crippen LogP contribution in [0.1, 0.15) is 44.0 Å². The van der Waals surface area contributed by atoms with Crippen molar-refractivity contribution >= 4 is 35.0 Å². The molecule has 1 unspecified atom stereocenters. The molecule has 2 rings (SSSR count). The number of rotatable bonds is 6. The van der Waals surface area contributed by atoms with Gasteiger partial charge in [0.1, 0.15) is 6.04 Å². The number of nitrogens with zero attached hydrogens (tertiary/aromatic N) is 1. The summed E-state index contributed by atoms with van der Waals surface area (Å²) in [7, 11) is 0. The van der Waals surface area contributed by atoms with Crippen LogP contribution in [-0.4, -0.2) is 48.4 Å². The smallest absolute Gasteiger partial charge is 0.253 e. The Morgan fingerprint density at radius 1 is 1.26 bits per heavy atom. The molecule has 0 spiro atoms. The second-order valence-electron chi connectivity index (χ2n) is 7.16. The first kappa shape index (κ1) is 21.7. The molecular formula is C20H27Cl2N3O2. The van der Waals surface area contributed by atoms with E-state index in [0.717, 1.165) is 32.5 Å². The van der Waals surface area contributed by atoms with E-state index >= 15 is 0 Å². The average molecular weight is 412 g/mol. The first-order valence-electron chi connectivity index (χ1n) is 9.19. The van der Waals surface area contributed by atoms with Crippen LogP contribution in [0.25, 0.3) is 0 Å². The van der Waals surface area contributed by atoms with E-state index in [4.69, 9.17) is 23.2 Å². The fraction of sp³-hybridized carbons (Fsp3) is 0.500. The largest absolute Gasteiger partial charge is 0.351 e. The number of carbonyl (C=O) groups excluding carboxylic acids is 2. The van der Waals surface area contributed by atoms with Crippen LogP contribution in [0.3, 0.4) is 0 Å². The molecule has 2 amide bonds. The lowest BCUT2D eigenvalue weighted by molar-refractivity contribution is -0.123. The quantitative estimate of drug-likeness (QED) is 0.702. The van der Waals surface area contributed by atoms with Gasteiger partial charge in [-0.05, 0) is 45.7 Å². The molecule has 5 nitrogen and oxygen atoms in total. The zero-order chi connectivity index (χ0) is 20.0. The monoisotopic (exact) mass is 411 g/mol. The third-order valence-corrected chi connectivity index (χ3v) is 5.45. The summed E-state index contributed by atoms with van der Waals surface area (Å²) in [6.45, 7) is 8.71. The summed E-state index contributed by atoms with van der Waals surface area (Å²) in [5.74, 6) is -0.606. The fourth-order valence-corrected chi connectivity index (χ4v) is 3.30. The van der Waals surface area contributed by atoms with E-state index in [1.54, 1.807) is 25.1 Å². The summed E-state index contributed by atoms with van der Waals surface area (Å²) < 4.78 is 0. The van der Waals surface area contributed by atoms with Gasteiger partial charge in [-0.1, -0.05) is 40.9 Å². The van der Waals surface area contributed by atoms with Crippen LogP contribution >= 0.6 is 23.2 Å². The van der Waals surface area contributed by atoms with Crippen molar-refractivity contribution in [3.05, 3.63) is 45.5 Å². The van der Waals surface area contributed by atoms with Gasteiger partial charge < -0.3 is 10.6 Å². The fourth-order valence-electron chi connectivity index (χ4n) is 2.92. The molecular weight excluding hydrogens is 385 g/mol. The Labute approximate surface area is 171 Å². The van der Waals surface area contributed by atoms with Crippen molar-refractivity contribution in [2.24, 2.45) is 0 Å². The summed E-state index contributed by atoms with van der Waals surface area (Å²) in [5, 5.41) is 6.21. The maximum atomic E-state index is 12.4. The van der Waals surface area contributed by atoms with E-state index in [0.29, 0.717) is 5.02 Å². The van der Waals surface area contributed by atoms with Gasteiger partial charge in [-0.2, -0.15) is 0 Å². The maximum Gasteiger partial charge on any atom is 0.253 e. The van der Waals surface area contributed by atoms with E-state index in [1.807, 2.05) is 0 Å². The minimum absolute atomic E-state index is 0.134. The molecule has 27 heavy (non-hydrogen) atoms. The van der Waals surface area contributed by atoms with E-state index in [1.165, 1.54) is 5.57 Å². The van der Waals surface area contributed by atoms with Gasteiger partial charge in [-0.15, -0.1) is 0 Å². The molecule has 7 heteroatoms. The molecule has 2 N–H and O–H groups in total. The van der Waals surface area contributed by atoms with E-state index < -0.39 is 11.9 Å². The number of nitrogens with one attached hydrogen (secondary N) is 2. The van der Waals surface area contributed by atoms with Gasteiger partial charge in [0.25, 0.3) is 5.91 Å². The number of halogens is 2. The molecule has 1 aromatic carbocycles. The Morgan fingerprint density at radius 3 is 2.56 bits per heavy atom. The van der Waals surface area contributed by atoms with E-state index in [2.05, 4.69) is 35.5 Å². The van der Waals surface area contributed by atoms with Gasteiger partial charge in [0.15, 0.2) is 0 Å². The van der Waals surface area contributed by atoms with Crippen molar-refractivity contribution in [3.8, 4) is 0 Å². The third-order valence-electron chi connectivity index (χ3n) is 4.63.